The van der Waals surface area contributed by atoms with Crippen LogP contribution in [0.25, 0.3) is 0 Å². The number of hydrogen-bond acceptors (Lipinski definition) is 6. The van der Waals surface area contributed by atoms with Gasteiger partial charge in [-0.1, -0.05) is 12.1 Å². The first-order valence-electron chi connectivity index (χ1n) is 9.84. The lowest BCUT2D eigenvalue weighted by atomic mass is 10.2. The lowest BCUT2D eigenvalue weighted by Crippen LogP contribution is -2.52. The van der Waals surface area contributed by atoms with Crippen molar-refractivity contribution in [3.63, 3.8) is 0 Å². The van der Waals surface area contributed by atoms with Crippen LogP contribution in [0.5, 0.6) is 5.75 Å². The number of carbonyl (C=O) groups excluding carboxylic acids is 1. The molecule has 1 amide bonds. The Kier molecular flexibility index (Phi) is 7.29. The van der Waals surface area contributed by atoms with Gasteiger partial charge in [0.05, 0.1) is 23.4 Å². The first kappa shape index (κ1) is 20.9. The molecule has 0 radical (unpaired) electrons. The molecule has 2 aromatic rings. The van der Waals surface area contributed by atoms with Crippen molar-refractivity contribution in [2.75, 3.05) is 50.7 Å². The summed E-state index contributed by atoms with van der Waals surface area (Å²) < 4.78 is 0. The van der Waals surface area contributed by atoms with E-state index in [0.29, 0.717) is 23.7 Å². The molecule has 156 valence electrons. The number of aromatic nitrogens is 1. The molecule has 3 rings (SSSR count). The summed E-state index contributed by atoms with van der Waals surface area (Å²) >= 11 is 1.35. The number of nitrogens with zero attached hydrogens (tertiary/aromatic N) is 4. The second-order valence-electron chi connectivity index (χ2n) is 6.72. The molecule has 0 spiro atoms. The van der Waals surface area contributed by atoms with Crippen molar-refractivity contribution in [3.8, 4) is 5.75 Å². The molecule has 0 aliphatic carbocycles. The topological polar surface area (TPSA) is 93.1 Å². The van der Waals surface area contributed by atoms with Gasteiger partial charge in [0.25, 0.3) is 5.91 Å². The molecular formula is C20H28N6O2S. The van der Waals surface area contributed by atoms with Crippen molar-refractivity contribution in [1.29, 1.82) is 0 Å². The number of nitrogens with one attached hydrogen (secondary N) is 2. The fourth-order valence-electron chi connectivity index (χ4n) is 3.25. The molecule has 1 saturated heterocycles. The summed E-state index contributed by atoms with van der Waals surface area (Å²) in [5.74, 6) is 1.07. The molecule has 1 fully saturated rings. The van der Waals surface area contributed by atoms with Gasteiger partial charge in [0, 0.05) is 39.3 Å². The predicted molar refractivity (Wildman–Crippen MR) is 117 cm³/mol. The number of phenolic OH excluding ortho intramolecular Hbond substituents is 1. The van der Waals surface area contributed by atoms with Gasteiger partial charge in [-0.25, -0.2) is 4.98 Å². The Morgan fingerprint density at radius 1 is 1.24 bits per heavy atom. The molecule has 2 heterocycles. The van der Waals surface area contributed by atoms with E-state index in [1.165, 1.54) is 11.3 Å². The van der Waals surface area contributed by atoms with Crippen LogP contribution < -0.4 is 15.5 Å². The second kappa shape index (κ2) is 10.1. The molecule has 0 bridgehead atoms. The number of para-hydroxylation sites is 2. The van der Waals surface area contributed by atoms with E-state index in [4.69, 9.17) is 0 Å². The van der Waals surface area contributed by atoms with E-state index in [1.807, 2.05) is 32.0 Å². The van der Waals surface area contributed by atoms with Crippen LogP contribution in [-0.4, -0.2) is 72.7 Å². The van der Waals surface area contributed by atoms with Crippen molar-refractivity contribution in [2.45, 2.75) is 13.8 Å². The standard InChI is InChI=1S/C20H28N6O2S/c1-3-21-20(23-9-8-22-19(28)18-15(2)24-14-29-18)26-12-10-25(11-13-26)16-6-4-5-7-17(16)27/h4-7,14,27H,3,8-13H2,1-2H3,(H,21,23)(H,22,28). The van der Waals surface area contributed by atoms with Crippen LogP contribution in [0.3, 0.4) is 0 Å². The largest absolute Gasteiger partial charge is 0.506 e. The Bertz CT molecular complexity index is 845. The van der Waals surface area contributed by atoms with Crippen LogP contribution >= 0.6 is 11.3 Å². The minimum atomic E-state index is -0.0958. The maximum absolute atomic E-state index is 12.2. The third kappa shape index (κ3) is 5.38. The summed E-state index contributed by atoms with van der Waals surface area (Å²) in [5, 5.41) is 16.3. The number of anilines is 1. The van der Waals surface area contributed by atoms with Gasteiger partial charge in [-0.2, -0.15) is 0 Å². The number of carbonyl (C=O) groups is 1. The molecule has 1 aliphatic rings. The van der Waals surface area contributed by atoms with Crippen molar-refractivity contribution in [2.24, 2.45) is 4.99 Å². The third-order valence-corrected chi connectivity index (χ3v) is 5.67. The Balaban J connectivity index is 1.51. The molecule has 29 heavy (non-hydrogen) atoms. The molecule has 9 heteroatoms. The summed E-state index contributed by atoms with van der Waals surface area (Å²) in [4.78, 5) is 26.0. The second-order valence-corrected chi connectivity index (χ2v) is 7.58. The van der Waals surface area contributed by atoms with E-state index in [2.05, 4.69) is 30.4 Å². The predicted octanol–water partition coefficient (Wildman–Crippen LogP) is 1.67. The van der Waals surface area contributed by atoms with E-state index in [0.717, 1.165) is 50.1 Å². The summed E-state index contributed by atoms with van der Waals surface area (Å²) in [7, 11) is 0. The van der Waals surface area contributed by atoms with Gasteiger partial charge in [-0.3, -0.25) is 9.79 Å². The van der Waals surface area contributed by atoms with E-state index in [9.17, 15) is 9.90 Å². The van der Waals surface area contributed by atoms with Crippen molar-refractivity contribution >= 4 is 28.9 Å². The van der Waals surface area contributed by atoms with Crippen LogP contribution in [-0.2, 0) is 0 Å². The monoisotopic (exact) mass is 416 g/mol. The average Bonchev–Trinajstić information content (AvgIpc) is 3.17. The van der Waals surface area contributed by atoms with E-state index in [1.54, 1.807) is 11.6 Å². The van der Waals surface area contributed by atoms with Gasteiger partial charge >= 0.3 is 0 Å². The summed E-state index contributed by atoms with van der Waals surface area (Å²) in [5.41, 5.74) is 3.31. The van der Waals surface area contributed by atoms with Gasteiger partial charge in [-0.05, 0) is 26.0 Å². The number of piperazine rings is 1. The maximum Gasteiger partial charge on any atom is 0.263 e. The summed E-state index contributed by atoms with van der Waals surface area (Å²) in [6.45, 7) is 8.88. The molecule has 1 aromatic heterocycles. The molecule has 1 aliphatic heterocycles. The summed E-state index contributed by atoms with van der Waals surface area (Å²) in [6, 6.07) is 7.43. The number of guanidine groups is 1. The first-order valence-corrected chi connectivity index (χ1v) is 10.7. The Morgan fingerprint density at radius 3 is 2.66 bits per heavy atom. The molecule has 1 aromatic carbocycles. The molecular weight excluding hydrogens is 388 g/mol. The number of phenols is 1. The number of aromatic hydroxyl groups is 1. The summed E-state index contributed by atoms with van der Waals surface area (Å²) in [6.07, 6.45) is 0. The molecule has 0 saturated carbocycles. The minimum absolute atomic E-state index is 0.0958. The maximum atomic E-state index is 12.2. The third-order valence-electron chi connectivity index (χ3n) is 4.75. The zero-order valence-corrected chi connectivity index (χ0v) is 17.7. The van der Waals surface area contributed by atoms with Crippen molar-refractivity contribution < 1.29 is 9.90 Å². The van der Waals surface area contributed by atoms with Gasteiger partial charge in [-0.15, -0.1) is 11.3 Å². The number of aryl methyl sites for hydroxylation is 1. The number of hydrogen-bond donors (Lipinski definition) is 3. The molecule has 8 nitrogen and oxygen atoms in total. The normalized spacial score (nSPS) is 14.8. The minimum Gasteiger partial charge on any atom is -0.506 e. The quantitative estimate of drug-likeness (QED) is 0.377. The molecule has 3 N–H and O–H groups in total. The van der Waals surface area contributed by atoms with Gasteiger partial charge < -0.3 is 25.5 Å². The Labute approximate surface area is 175 Å². The Morgan fingerprint density at radius 2 is 2.00 bits per heavy atom. The first-order chi connectivity index (χ1) is 14.1. The van der Waals surface area contributed by atoms with Gasteiger partial charge in [0.15, 0.2) is 5.96 Å². The van der Waals surface area contributed by atoms with E-state index in [-0.39, 0.29) is 5.91 Å². The zero-order chi connectivity index (χ0) is 20.6. The highest BCUT2D eigenvalue weighted by molar-refractivity contribution is 7.11. The van der Waals surface area contributed by atoms with Crippen LogP contribution in [0.1, 0.15) is 22.3 Å². The number of rotatable bonds is 6. The lowest BCUT2D eigenvalue weighted by Gasteiger charge is -2.37. The molecule has 0 atom stereocenters. The van der Waals surface area contributed by atoms with Crippen LogP contribution in [0.15, 0.2) is 34.8 Å². The van der Waals surface area contributed by atoms with Gasteiger partial charge in [0.2, 0.25) is 0 Å². The van der Waals surface area contributed by atoms with E-state index >= 15 is 0 Å². The number of aliphatic imine (C=N–C) groups is 1. The smallest absolute Gasteiger partial charge is 0.263 e. The highest BCUT2D eigenvalue weighted by Crippen LogP contribution is 2.27. The van der Waals surface area contributed by atoms with Crippen LogP contribution in [0, 0.1) is 6.92 Å². The zero-order valence-electron chi connectivity index (χ0n) is 16.9. The highest BCUT2D eigenvalue weighted by Gasteiger charge is 2.21. The van der Waals surface area contributed by atoms with Crippen molar-refractivity contribution in [3.05, 3.63) is 40.3 Å². The fraction of sp³-hybridized carbons (Fsp3) is 0.450. The lowest BCUT2D eigenvalue weighted by molar-refractivity contribution is 0.0958. The number of benzene rings is 1. The highest BCUT2D eigenvalue weighted by atomic mass is 32.1. The van der Waals surface area contributed by atoms with Crippen molar-refractivity contribution in [1.82, 2.24) is 20.5 Å². The van der Waals surface area contributed by atoms with E-state index < -0.39 is 0 Å². The SMILES string of the molecule is CCNC(=NCCNC(=O)c1scnc1C)N1CCN(c2ccccc2O)CC1. The fourth-order valence-corrected chi connectivity index (χ4v) is 3.97. The van der Waals surface area contributed by atoms with Gasteiger partial charge in [0.1, 0.15) is 10.6 Å². The average molecular weight is 417 g/mol. The number of amides is 1. The molecule has 0 unspecified atom stereocenters. The Hall–Kier alpha value is -2.81. The van der Waals surface area contributed by atoms with Crippen LogP contribution in [0.4, 0.5) is 5.69 Å². The van der Waals surface area contributed by atoms with Crippen LogP contribution in [0.2, 0.25) is 0 Å². The number of thiazole rings is 1.